The molecule has 2 heterocycles. The van der Waals surface area contributed by atoms with E-state index in [0.29, 0.717) is 47.2 Å². The van der Waals surface area contributed by atoms with Gasteiger partial charge in [0, 0.05) is 6.54 Å². The number of hydrogen-bond acceptors (Lipinski definition) is 8. The van der Waals surface area contributed by atoms with Gasteiger partial charge in [-0.3, -0.25) is 9.59 Å². The van der Waals surface area contributed by atoms with Crippen LogP contribution in [0.5, 0.6) is 11.5 Å². The molecular formula is C24H31N3O5S. The normalized spacial score (nSPS) is 16.2. The molecule has 0 bridgehead atoms. The van der Waals surface area contributed by atoms with Crippen molar-refractivity contribution in [3.05, 3.63) is 50.7 Å². The third-order valence-electron chi connectivity index (χ3n) is 5.47. The molecule has 33 heavy (non-hydrogen) atoms. The van der Waals surface area contributed by atoms with Crippen LogP contribution in [0.1, 0.15) is 45.3 Å². The lowest BCUT2D eigenvalue weighted by atomic mass is 9.94. The van der Waals surface area contributed by atoms with Crippen LogP contribution in [0, 0.1) is 13.8 Å². The van der Waals surface area contributed by atoms with E-state index in [2.05, 4.69) is 4.98 Å². The molecular weight excluding hydrogens is 442 g/mol. The standard InChI is InChI=1S/C24H31N3O5S/c1-7-32-17-10-9-16(13-18(17)31-6)20-19(21(28)23-14(2)25-15(3)33-23)22(29)24(30)27(20)12-8-11-26(4)5/h9-10,13,20,29H,7-8,11-12H2,1-6H3/t20-/m1/s1. The van der Waals surface area contributed by atoms with Crippen molar-refractivity contribution < 1.29 is 24.2 Å². The van der Waals surface area contributed by atoms with Crippen LogP contribution < -0.4 is 9.47 Å². The largest absolute Gasteiger partial charge is 0.503 e. The van der Waals surface area contributed by atoms with E-state index in [4.69, 9.17) is 9.47 Å². The van der Waals surface area contributed by atoms with E-state index >= 15 is 0 Å². The van der Waals surface area contributed by atoms with Crippen molar-refractivity contribution >= 4 is 23.0 Å². The number of aliphatic hydroxyl groups is 1. The molecule has 0 saturated carbocycles. The predicted octanol–water partition coefficient (Wildman–Crippen LogP) is 3.70. The first-order chi connectivity index (χ1) is 15.7. The maximum Gasteiger partial charge on any atom is 0.290 e. The Morgan fingerprint density at radius 1 is 1.27 bits per heavy atom. The van der Waals surface area contributed by atoms with Crippen LogP contribution in [-0.4, -0.2) is 72.5 Å². The number of hydrogen-bond donors (Lipinski definition) is 1. The minimum Gasteiger partial charge on any atom is -0.503 e. The Balaban J connectivity index is 2.09. The maximum atomic E-state index is 13.6. The third-order valence-corrected chi connectivity index (χ3v) is 6.54. The van der Waals surface area contributed by atoms with Crippen molar-refractivity contribution in [2.24, 2.45) is 0 Å². The number of nitrogens with zero attached hydrogens (tertiary/aromatic N) is 3. The van der Waals surface area contributed by atoms with Gasteiger partial charge in [0.05, 0.1) is 40.9 Å². The van der Waals surface area contributed by atoms with E-state index in [1.54, 1.807) is 37.1 Å². The van der Waals surface area contributed by atoms with Gasteiger partial charge in [-0.2, -0.15) is 0 Å². The van der Waals surface area contributed by atoms with E-state index in [1.807, 2.05) is 32.8 Å². The van der Waals surface area contributed by atoms with Gasteiger partial charge >= 0.3 is 0 Å². The van der Waals surface area contributed by atoms with Crippen LogP contribution in [0.2, 0.25) is 0 Å². The number of amides is 1. The second-order valence-corrected chi connectivity index (χ2v) is 9.34. The second kappa shape index (κ2) is 10.4. The Labute approximate surface area is 198 Å². The third kappa shape index (κ3) is 5.04. The van der Waals surface area contributed by atoms with E-state index in [0.717, 1.165) is 11.6 Å². The summed E-state index contributed by atoms with van der Waals surface area (Å²) in [4.78, 5) is 35.1. The lowest BCUT2D eigenvalue weighted by Crippen LogP contribution is -2.33. The molecule has 1 aliphatic heterocycles. The van der Waals surface area contributed by atoms with Gasteiger partial charge in [-0.15, -0.1) is 11.3 Å². The molecule has 8 nitrogen and oxygen atoms in total. The molecule has 1 N–H and O–H groups in total. The molecule has 0 spiro atoms. The molecule has 0 unspecified atom stereocenters. The van der Waals surface area contributed by atoms with Crippen LogP contribution >= 0.6 is 11.3 Å². The van der Waals surface area contributed by atoms with Crippen molar-refractivity contribution in [1.82, 2.24) is 14.8 Å². The Morgan fingerprint density at radius 3 is 2.58 bits per heavy atom. The van der Waals surface area contributed by atoms with E-state index in [-0.39, 0.29) is 11.4 Å². The Morgan fingerprint density at radius 2 is 2.00 bits per heavy atom. The number of aliphatic hydroxyl groups excluding tert-OH is 1. The van der Waals surface area contributed by atoms with Gasteiger partial charge < -0.3 is 24.4 Å². The number of carbonyl (C=O) groups excluding carboxylic acids is 2. The van der Waals surface area contributed by atoms with Gasteiger partial charge in [0.25, 0.3) is 5.91 Å². The minimum absolute atomic E-state index is 0.0721. The average Bonchev–Trinajstić information content (AvgIpc) is 3.24. The number of rotatable bonds is 10. The van der Waals surface area contributed by atoms with E-state index in [9.17, 15) is 14.7 Å². The van der Waals surface area contributed by atoms with Gasteiger partial charge in [-0.1, -0.05) is 6.07 Å². The topological polar surface area (TPSA) is 92.2 Å². The summed E-state index contributed by atoms with van der Waals surface area (Å²) in [5.41, 5.74) is 1.33. The molecule has 0 fully saturated rings. The first-order valence-electron chi connectivity index (χ1n) is 10.9. The van der Waals surface area contributed by atoms with Crippen LogP contribution in [-0.2, 0) is 4.79 Å². The van der Waals surface area contributed by atoms with Crippen LogP contribution in [0.15, 0.2) is 29.5 Å². The molecule has 0 radical (unpaired) electrons. The molecule has 1 aromatic carbocycles. The number of benzene rings is 1. The zero-order valence-corrected chi connectivity index (χ0v) is 20.8. The minimum atomic E-state index is -0.737. The smallest absolute Gasteiger partial charge is 0.290 e. The maximum absolute atomic E-state index is 13.6. The molecule has 1 atom stereocenters. The summed E-state index contributed by atoms with van der Waals surface area (Å²) in [6.07, 6.45) is 0.691. The summed E-state index contributed by atoms with van der Waals surface area (Å²) in [6, 6.07) is 4.60. The zero-order chi connectivity index (χ0) is 24.3. The Kier molecular flexibility index (Phi) is 7.76. The quantitative estimate of drug-likeness (QED) is 0.526. The first kappa shape index (κ1) is 24.7. The molecule has 0 saturated heterocycles. The number of thiazole rings is 1. The van der Waals surface area contributed by atoms with Crippen LogP contribution in [0.4, 0.5) is 0 Å². The highest BCUT2D eigenvalue weighted by atomic mass is 32.1. The zero-order valence-electron chi connectivity index (χ0n) is 20.0. The van der Waals surface area contributed by atoms with Crippen molar-refractivity contribution in [2.45, 2.75) is 33.2 Å². The monoisotopic (exact) mass is 473 g/mol. The molecule has 3 rings (SSSR count). The molecule has 178 valence electrons. The fraction of sp³-hybridized carbons (Fsp3) is 0.458. The van der Waals surface area contributed by atoms with Gasteiger partial charge in [0.1, 0.15) is 0 Å². The number of methoxy groups -OCH3 is 1. The van der Waals surface area contributed by atoms with E-state index < -0.39 is 17.7 Å². The highest BCUT2D eigenvalue weighted by molar-refractivity contribution is 7.14. The highest BCUT2D eigenvalue weighted by Gasteiger charge is 2.44. The number of aromatic nitrogens is 1. The van der Waals surface area contributed by atoms with Crippen molar-refractivity contribution in [2.75, 3.05) is 40.9 Å². The highest BCUT2D eigenvalue weighted by Crippen LogP contribution is 2.42. The number of Topliss-reactive ketones (excluding diaryl/α,β-unsaturated/α-hetero) is 1. The molecule has 1 aliphatic rings. The fourth-order valence-electron chi connectivity index (χ4n) is 4.01. The van der Waals surface area contributed by atoms with Gasteiger partial charge in [-0.05, 0) is 65.5 Å². The molecule has 0 aliphatic carbocycles. The molecule has 1 aromatic heterocycles. The number of aryl methyl sites for hydroxylation is 2. The fourth-order valence-corrected chi connectivity index (χ4v) is 4.89. The summed E-state index contributed by atoms with van der Waals surface area (Å²) in [7, 11) is 5.46. The lowest BCUT2D eigenvalue weighted by molar-refractivity contribution is -0.129. The summed E-state index contributed by atoms with van der Waals surface area (Å²) >= 11 is 1.26. The molecule has 2 aromatic rings. The number of ketones is 1. The number of carbonyl (C=O) groups is 2. The summed E-state index contributed by atoms with van der Waals surface area (Å²) < 4.78 is 11.1. The van der Waals surface area contributed by atoms with Crippen molar-refractivity contribution in [1.29, 1.82) is 0 Å². The van der Waals surface area contributed by atoms with Crippen LogP contribution in [0.3, 0.4) is 0 Å². The van der Waals surface area contributed by atoms with Gasteiger partial charge in [0.2, 0.25) is 5.78 Å². The Bertz CT molecular complexity index is 1080. The SMILES string of the molecule is CCOc1ccc([C@@H]2C(C(=O)c3sc(C)nc3C)=C(O)C(=O)N2CCCN(C)C)cc1OC. The molecule has 1 amide bonds. The van der Waals surface area contributed by atoms with Gasteiger partial charge in [0.15, 0.2) is 17.3 Å². The Hall–Kier alpha value is -2.91. The summed E-state index contributed by atoms with van der Waals surface area (Å²) in [5, 5.41) is 11.6. The predicted molar refractivity (Wildman–Crippen MR) is 127 cm³/mol. The van der Waals surface area contributed by atoms with Gasteiger partial charge in [-0.25, -0.2) is 4.98 Å². The number of ether oxygens (including phenoxy) is 2. The van der Waals surface area contributed by atoms with Crippen LogP contribution in [0.25, 0.3) is 0 Å². The summed E-state index contributed by atoms with van der Waals surface area (Å²) in [6.45, 7) is 7.09. The van der Waals surface area contributed by atoms with Crippen molar-refractivity contribution in [3.8, 4) is 11.5 Å². The lowest BCUT2D eigenvalue weighted by Gasteiger charge is -2.28. The van der Waals surface area contributed by atoms with Crippen molar-refractivity contribution in [3.63, 3.8) is 0 Å². The first-order valence-corrected chi connectivity index (χ1v) is 11.7. The molecule has 9 heteroatoms. The van der Waals surface area contributed by atoms with E-state index in [1.165, 1.54) is 11.3 Å². The summed E-state index contributed by atoms with van der Waals surface area (Å²) in [5.74, 6) is -0.362. The average molecular weight is 474 g/mol. The second-order valence-electron chi connectivity index (χ2n) is 8.14.